The molecule has 2 aromatic rings. The molecule has 3 rings (SSSR count). The van der Waals surface area contributed by atoms with Gasteiger partial charge in [-0.3, -0.25) is 4.79 Å². The Kier molecular flexibility index (Phi) is 5.20. The number of hydrogen-bond acceptors (Lipinski definition) is 3. The lowest BCUT2D eigenvalue weighted by Gasteiger charge is -2.12. The molecule has 0 spiro atoms. The third-order valence-corrected chi connectivity index (χ3v) is 3.96. The van der Waals surface area contributed by atoms with Crippen molar-refractivity contribution in [1.29, 1.82) is 0 Å². The Morgan fingerprint density at radius 2 is 1.92 bits per heavy atom. The minimum absolute atomic E-state index is 0.241. The first kappa shape index (κ1) is 16.6. The van der Waals surface area contributed by atoms with E-state index in [1.165, 1.54) is 12.1 Å². The second kappa shape index (κ2) is 7.53. The van der Waals surface area contributed by atoms with Gasteiger partial charge in [0.2, 0.25) is 0 Å². The van der Waals surface area contributed by atoms with Crippen LogP contribution in [0.1, 0.15) is 22.3 Å². The fourth-order valence-corrected chi connectivity index (χ4v) is 2.70. The summed E-state index contributed by atoms with van der Waals surface area (Å²) in [6.45, 7) is 1.51. The standard InChI is InChI=1S/C18H17ClFNO3/c19-15-10-13(11-16-17(15)24-9-1-8-23-16)18(22)21-7-6-12-2-4-14(20)5-3-12/h2-5,10-11H,1,6-9H2,(H,21,22). The highest BCUT2D eigenvalue weighted by Crippen LogP contribution is 2.37. The molecule has 126 valence electrons. The van der Waals surface area contributed by atoms with Crippen LogP contribution in [0.4, 0.5) is 4.39 Å². The van der Waals surface area contributed by atoms with E-state index in [2.05, 4.69) is 5.32 Å². The van der Waals surface area contributed by atoms with Crippen molar-refractivity contribution in [2.75, 3.05) is 19.8 Å². The van der Waals surface area contributed by atoms with E-state index >= 15 is 0 Å². The van der Waals surface area contributed by atoms with Gasteiger partial charge in [0.05, 0.1) is 18.2 Å². The van der Waals surface area contributed by atoms with E-state index in [1.54, 1.807) is 24.3 Å². The third-order valence-electron chi connectivity index (χ3n) is 3.68. The molecule has 0 saturated heterocycles. The lowest BCUT2D eigenvalue weighted by molar-refractivity contribution is 0.0953. The first-order valence-corrected chi connectivity index (χ1v) is 8.13. The summed E-state index contributed by atoms with van der Waals surface area (Å²) in [6, 6.07) is 9.42. The van der Waals surface area contributed by atoms with E-state index in [9.17, 15) is 9.18 Å². The molecule has 0 unspecified atom stereocenters. The van der Waals surface area contributed by atoms with Gasteiger partial charge in [-0.05, 0) is 36.2 Å². The highest BCUT2D eigenvalue weighted by atomic mass is 35.5. The molecule has 1 aliphatic rings. The Morgan fingerprint density at radius 3 is 2.71 bits per heavy atom. The predicted molar refractivity (Wildman–Crippen MR) is 89.5 cm³/mol. The largest absolute Gasteiger partial charge is 0.489 e. The SMILES string of the molecule is O=C(NCCc1ccc(F)cc1)c1cc(Cl)c2c(c1)OCCCO2. The molecule has 24 heavy (non-hydrogen) atoms. The first-order chi connectivity index (χ1) is 11.6. The zero-order chi connectivity index (χ0) is 16.9. The monoisotopic (exact) mass is 349 g/mol. The van der Waals surface area contributed by atoms with Crippen LogP contribution in [0.2, 0.25) is 5.02 Å². The number of amides is 1. The fourth-order valence-electron chi connectivity index (χ4n) is 2.44. The van der Waals surface area contributed by atoms with Crippen LogP contribution in [0.25, 0.3) is 0 Å². The van der Waals surface area contributed by atoms with Crippen molar-refractivity contribution in [2.24, 2.45) is 0 Å². The first-order valence-electron chi connectivity index (χ1n) is 7.75. The molecule has 2 aromatic carbocycles. The number of nitrogens with one attached hydrogen (secondary N) is 1. The van der Waals surface area contributed by atoms with Crippen LogP contribution >= 0.6 is 11.6 Å². The van der Waals surface area contributed by atoms with Crippen molar-refractivity contribution in [3.8, 4) is 11.5 Å². The summed E-state index contributed by atoms with van der Waals surface area (Å²) in [7, 11) is 0. The zero-order valence-electron chi connectivity index (χ0n) is 13.0. The highest BCUT2D eigenvalue weighted by Gasteiger charge is 2.18. The Labute approximate surface area is 144 Å². The molecule has 0 aromatic heterocycles. The molecule has 6 heteroatoms. The summed E-state index contributed by atoms with van der Waals surface area (Å²) in [5.74, 6) is 0.458. The smallest absolute Gasteiger partial charge is 0.251 e. The van der Waals surface area contributed by atoms with Crippen molar-refractivity contribution in [3.05, 3.63) is 58.4 Å². The van der Waals surface area contributed by atoms with Gasteiger partial charge in [0.15, 0.2) is 11.5 Å². The normalized spacial score (nSPS) is 13.2. The topological polar surface area (TPSA) is 47.6 Å². The van der Waals surface area contributed by atoms with E-state index in [0.29, 0.717) is 48.3 Å². The molecule has 0 bridgehead atoms. The number of carbonyl (C=O) groups excluding carboxylic acids is 1. The average Bonchev–Trinajstić information content (AvgIpc) is 2.82. The van der Waals surface area contributed by atoms with Gasteiger partial charge >= 0.3 is 0 Å². The molecular weight excluding hydrogens is 333 g/mol. The molecular formula is C18H17ClFNO3. The minimum atomic E-state index is -0.273. The van der Waals surface area contributed by atoms with Gasteiger partial charge in [-0.2, -0.15) is 0 Å². The molecule has 0 saturated carbocycles. The van der Waals surface area contributed by atoms with Gasteiger partial charge in [-0.25, -0.2) is 4.39 Å². The van der Waals surface area contributed by atoms with E-state index in [-0.39, 0.29) is 11.7 Å². The maximum atomic E-state index is 12.9. The van der Waals surface area contributed by atoms with Crippen LogP contribution in [-0.2, 0) is 6.42 Å². The molecule has 1 heterocycles. The Bertz CT molecular complexity index is 734. The molecule has 1 aliphatic heterocycles. The molecule has 0 aliphatic carbocycles. The van der Waals surface area contributed by atoms with Gasteiger partial charge in [-0.1, -0.05) is 23.7 Å². The molecule has 0 fully saturated rings. The second-order valence-electron chi connectivity index (χ2n) is 5.47. The number of benzene rings is 2. The van der Waals surface area contributed by atoms with Gasteiger partial charge in [-0.15, -0.1) is 0 Å². The minimum Gasteiger partial charge on any atom is -0.489 e. The van der Waals surface area contributed by atoms with Crippen molar-refractivity contribution >= 4 is 17.5 Å². The van der Waals surface area contributed by atoms with Crippen molar-refractivity contribution < 1.29 is 18.7 Å². The third kappa shape index (κ3) is 3.97. The summed E-state index contributed by atoms with van der Waals surface area (Å²) in [5, 5.41) is 3.18. The van der Waals surface area contributed by atoms with E-state index < -0.39 is 0 Å². The maximum absolute atomic E-state index is 12.9. The van der Waals surface area contributed by atoms with Gasteiger partial charge in [0.1, 0.15) is 5.82 Å². The zero-order valence-corrected chi connectivity index (χ0v) is 13.7. The second-order valence-corrected chi connectivity index (χ2v) is 5.88. The summed E-state index contributed by atoms with van der Waals surface area (Å²) in [4.78, 5) is 12.3. The number of fused-ring (bicyclic) bond motifs is 1. The maximum Gasteiger partial charge on any atom is 0.251 e. The van der Waals surface area contributed by atoms with E-state index in [1.807, 2.05) is 0 Å². The Hall–Kier alpha value is -2.27. The van der Waals surface area contributed by atoms with E-state index in [0.717, 1.165) is 12.0 Å². The number of hydrogen-bond donors (Lipinski definition) is 1. The average molecular weight is 350 g/mol. The van der Waals surface area contributed by atoms with Crippen molar-refractivity contribution in [1.82, 2.24) is 5.32 Å². The van der Waals surface area contributed by atoms with Crippen molar-refractivity contribution in [3.63, 3.8) is 0 Å². The van der Waals surface area contributed by atoms with Crippen LogP contribution in [0.3, 0.4) is 0 Å². The van der Waals surface area contributed by atoms with Crippen LogP contribution in [0.5, 0.6) is 11.5 Å². The lowest BCUT2D eigenvalue weighted by Crippen LogP contribution is -2.25. The number of carbonyl (C=O) groups is 1. The van der Waals surface area contributed by atoms with Crippen LogP contribution < -0.4 is 14.8 Å². The fraction of sp³-hybridized carbons (Fsp3) is 0.278. The quantitative estimate of drug-likeness (QED) is 0.917. The molecule has 0 atom stereocenters. The molecule has 0 radical (unpaired) electrons. The van der Waals surface area contributed by atoms with Crippen LogP contribution in [0, 0.1) is 5.82 Å². The lowest BCUT2D eigenvalue weighted by atomic mass is 10.1. The van der Waals surface area contributed by atoms with Gasteiger partial charge < -0.3 is 14.8 Å². The summed E-state index contributed by atoms with van der Waals surface area (Å²) < 4.78 is 24.0. The van der Waals surface area contributed by atoms with Gasteiger partial charge in [0.25, 0.3) is 5.91 Å². The molecule has 1 amide bonds. The number of ether oxygens (including phenoxy) is 2. The molecule has 4 nitrogen and oxygen atoms in total. The van der Waals surface area contributed by atoms with Crippen LogP contribution in [-0.4, -0.2) is 25.7 Å². The Morgan fingerprint density at radius 1 is 1.17 bits per heavy atom. The van der Waals surface area contributed by atoms with Gasteiger partial charge in [0, 0.05) is 18.5 Å². The van der Waals surface area contributed by atoms with Crippen LogP contribution in [0.15, 0.2) is 36.4 Å². The Balaban J connectivity index is 1.63. The number of halogens is 2. The molecule has 1 N–H and O–H groups in total. The summed E-state index contributed by atoms with van der Waals surface area (Å²) >= 11 is 6.19. The summed E-state index contributed by atoms with van der Waals surface area (Å²) in [6.07, 6.45) is 1.38. The highest BCUT2D eigenvalue weighted by molar-refractivity contribution is 6.32. The predicted octanol–water partition coefficient (Wildman–Crippen LogP) is 3.61. The van der Waals surface area contributed by atoms with Crippen molar-refractivity contribution in [2.45, 2.75) is 12.8 Å². The number of rotatable bonds is 4. The summed E-state index contributed by atoms with van der Waals surface area (Å²) in [5.41, 5.74) is 1.37. The van der Waals surface area contributed by atoms with E-state index in [4.69, 9.17) is 21.1 Å².